The highest BCUT2D eigenvalue weighted by Crippen LogP contribution is 2.18. The third-order valence-corrected chi connectivity index (χ3v) is 4.75. The molecule has 0 spiro atoms. The van der Waals surface area contributed by atoms with E-state index in [9.17, 15) is 9.59 Å². The Bertz CT molecular complexity index is 771. The third-order valence-electron chi connectivity index (χ3n) is 4.22. The van der Waals surface area contributed by atoms with Gasteiger partial charge in [0.1, 0.15) is 5.75 Å². The van der Waals surface area contributed by atoms with Crippen molar-refractivity contribution in [1.82, 2.24) is 4.90 Å². The summed E-state index contributed by atoms with van der Waals surface area (Å²) in [5, 5.41) is 2.86. The monoisotopic (exact) mass is 416 g/mol. The number of halogens is 1. The Morgan fingerprint density at radius 1 is 1.08 bits per heavy atom. The summed E-state index contributed by atoms with van der Waals surface area (Å²) in [5.74, 6) is 0.476. The van der Waals surface area contributed by atoms with Gasteiger partial charge >= 0.3 is 0 Å². The van der Waals surface area contributed by atoms with Gasteiger partial charge in [0, 0.05) is 29.3 Å². The molecule has 3 rings (SSSR count). The van der Waals surface area contributed by atoms with Gasteiger partial charge in [0.05, 0.1) is 6.42 Å². The first-order valence-corrected chi connectivity index (χ1v) is 9.44. The number of hydrogen-bond acceptors (Lipinski definition) is 3. The lowest BCUT2D eigenvalue weighted by Crippen LogP contribution is -2.32. The molecule has 0 atom stereocenters. The first kappa shape index (κ1) is 18.5. The molecule has 0 unspecified atom stereocenters. The number of likely N-dealkylation sites (tertiary alicyclic amines) is 1. The van der Waals surface area contributed by atoms with E-state index >= 15 is 0 Å². The number of amides is 2. The van der Waals surface area contributed by atoms with Gasteiger partial charge in [-0.3, -0.25) is 9.59 Å². The smallest absolute Gasteiger partial charge is 0.260 e. The van der Waals surface area contributed by atoms with Crippen LogP contribution < -0.4 is 10.1 Å². The van der Waals surface area contributed by atoms with Crippen LogP contribution in [0.1, 0.15) is 18.4 Å². The molecule has 2 amide bonds. The van der Waals surface area contributed by atoms with E-state index < -0.39 is 0 Å². The fourth-order valence-electron chi connectivity index (χ4n) is 2.86. The molecule has 136 valence electrons. The molecule has 0 aromatic heterocycles. The molecule has 1 aliphatic heterocycles. The average molecular weight is 417 g/mol. The van der Waals surface area contributed by atoms with Crippen LogP contribution in [-0.4, -0.2) is 36.4 Å². The number of anilines is 1. The molecule has 1 N–H and O–H groups in total. The molecule has 1 heterocycles. The van der Waals surface area contributed by atoms with Crippen LogP contribution in [0.5, 0.6) is 5.75 Å². The van der Waals surface area contributed by atoms with Gasteiger partial charge < -0.3 is 15.0 Å². The standard InChI is InChI=1S/C20H21BrN2O3/c21-16-8-6-15(7-9-16)12-19(24)22-17-4-3-5-18(13-17)26-14-20(25)23-10-1-2-11-23/h3-9,13H,1-2,10-12,14H2,(H,22,24). The minimum absolute atomic E-state index is 0.00665. The van der Waals surface area contributed by atoms with Gasteiger partial charge in [0.15, 0.2) is 6.61 Å². The van der Waals surface area contributed by atoms with Gasteiger partial charge in [-0.15, -0.1) is 0 Å². The predicted molar refractivity (Wildman–Crippen MR) is 104 cm³/mol. The molecular weight excluding hydrogens is 396 g/mol. The van der Waals surface area contributed by atoms with Gasteiger partial charge in [-0.2, -0.15) is 0 Å². The molecule has 1 aliphatic rings. The highest BCUT2D eigenvalue weighted by molar-refractivity contribution is 9.10. The molecule has 0 radical (unpaired) electrons. The molecule has 0 saturated carbocycles. The molecule has 1 saturated heterocycles. The first-order valence-electron chi connectivity index (χ1n) is 8.65. The molecule has 5 nitrogen and oxygen atoms in total. The number of ether oxygens (including phenoxy) is 1. The van der Waals surface area contributed by atoms with Crippen LogP contribution in [0.25, 0.3) is 0 Å². The Labute approximate surface area is 161 Å². The van der Waals surface area contributed by atoms with Crippen LogP contribution in [0.15, 0.2) is 53.0 Å². The number of carbonyl (C=O) groups is 2. The Balaban J connectivity index is 1.52. The fourth-order valence-corrected chi connectivity index (χ4v) is 3.12. The lowest BCUT2D eigenvalue weighted by molar-refractivity contribution is -0.132. The van der Waals surface area contributed by atoms with Crippen molar-refractivity contribution in [3.8, 4) is 5.75 Å². The molecule has 0 bridgehead atoms. The number of nitrogens with one attached hydrogen (secondary N) is 1. The summed E-state index contributed by atoms with van der Waals surface area (Å²) in [7, 11) is 0. The minimum atomic E-state index is -0.0994. The second-order valence-electron chi connectivity index (χ2n) is 6.26. The predicted octanol–water partition coefficient (Wildman–Crippen LogP) is 3.63. The van der Waals surface area contributed by atoms with E-state index in [1.165, 1.54) is 0 Å². The molecular formula is C20H21BrN2O3. The van der Waals surface area contributed by atoms with Crippen molar-refractivity contribution in [2.75, 3.05) is 25.0 Å². The summed E-state index contributed by atoms with van der Waals surface area (Å²) in [5.41, 5.74) is 1.59. The van der Waals surface area contributed by atoms with Crippen molar-refractivity contribution >= 4 is 33.4 Å². The van der Waals surface area contributed by atoms with Crippen LogP contribution in [0.2, 0.25) is 0 Å². The van der Waals surface area contributed by atoms with Crippen molar-refractivity contribution in [3.05, 3.63) is 58.6 Å². The maximum absolute atomic E-state index is 12.2. The Morgan fingerprint density at radius 3 is 2.54 bits per heavy atom. The number of rotatable bonds is 6. The Kier molecular flexibility index (Phi) is 6.28. The number of carbonyl (C=O) groups excluding carboxylic acids is 2. The maximum atomic E-state index is 12.2. The van der Waals surface area contributed by atoms with E-state index in [-0.39, 0.29) is 18.4 Å². The maximum Gasteiger partial charge on any atom is 0.260 e. The quantitative estimate of drug-likeness (QED) is 0.781. The summed E-state index contributed by atoms with van der Waals surface area (Å²) in [4.78, 5) is 26.1. The number of nitrogens with zero attached hydrogens (tertiary/aromatic N) is 1. The van der Waals surface area contributed by atoms with Gasteiger partial charge in [-0.25, -0.2) is 0 Å². The van der Waals surface area contributed by atoms with E-state index in [1.807, 2.05) is 29.2 Å². The van der Waals surface area contributed by atoms with Gasteiger partial charge in [0.25, 0.3) is 5.91 Å². The normalized spacial score (nSPS) is 13.5. The lowest BCUT2D eigenvalue weighted by Gasteiger charge is -2.15. The SMILES string of the molecule is O=C(Cc1ccc(Br)cc1)Nc1cccc(OCC(=O)N2CCCC2)c1. The summed E-state index contributed by atoms with van der Waals surface area (Å²) < 4.78 is 6.57. The lowest BCUT2D eigenvalue weighted by atomic mass is 10.1. The van der Waals surface area contributed by atoms with E-state index in [1.54, 1.807) is 24.3 Å². The van der Waals surface area contributed by atoms with Crippen molar-refractivity contribution in [2.45, 2.75) is 19.3 Å². The largest absolute Gasteiger partial charge is 0.484 e. The molecule has 0 aliphatic carbocycles. The van der Waals surface area contributed by atoms with Gasteiger partial charge in [-0.05, 0) is 42.7 Å². The molecule has 2 aromatic carbocycles. The van der Waals surface area contributed by atoms with E-state index in [2.05, 4.69) is 21.2 Å². The summed E-state index contributed by atoms with van der Waals surface area (Å²) in [6.07, 6.45) is 2.42. The van der Waals surface area contributed by atoms with Crippen LogP contribution in [-0.2, 0) is 16.0 Å². The summed E-state index contributed by atoms with van der Waals surface area (Å²) >= 11 is 3.38. The second-order valence-corrected chi connectivity index (χ2v) is 7.17. The van der Waals surface area contributed by atoms with E-state index in [0.717, 1.165) is 36.0 Å². The van der Waals surface area contributed by atoms with Gasteiger partial charge in [0.2, 0.25) is 5.91 Å². The third kappa shape index (κ3) is 5.33. The Morgan fingerprint density at radius 2 is 1.81 bits per heavy atom. The topological polar surface area (TPSA) is 58.6 Å². The van der Waals surface area contributed by atoms with Gasteiger partial charge in [-0.1, -0.05) is 34.1 Å². The average Bonchev–Trinajstić information content (AvgIpc) is 3.17. The highest BCUT2D eigenvalue weighted by atomic mass is 79.9. The molecule has 6 heteroatoms. The van der Waals surface area contributed by atoms with Crippen molar-refractivity contribution < 1.29 is 14.3 Å². The van der Waals surface area contributed by atoms with Crippen molar-refractivity contribution in [1.29, 1.82) is 0 Å². The van der Waals surface area contributed by atoms with Crippen LogP contribution in [0.3, 0.4) is 0 Å². The zero-order valence-corrected chi connectivity index (χ0v) is 16.0. The number of benzene rings is 2. The van der Waals surface area contributed by atoms with Crippen LogP contribution >= 0.6 is 15.9 Å². The fraction of sp³-hybridized carbons (Fsp3) is 0.300. The molecule has 2 aromatic rings. The summed E-state index contributed by atoms with van der Waals surface area (Å²) in [6.45, 7) is 1.65. The highest BCUT2D eigenvalue weighted by Gasteiger charge is 2.18. The van der Waals surface area contributed by atoms with Crippen LogP contribution in [0, 0.1) is 0 Å². The zero-order valence-electron chi connectivity index (χ0n) is 14.4. The number of hydrogen-bond donors (Lipinski definition) is 1. The Hall–Kier alpha value is -2.34. The van der Waals surface area contributed by atoms with E-state index in [4.69, 9.17) is 4.74 Å². The zero-order chi connectivity index (χ0) is 18.4. The first-order chi connectivity index (χ1) is 12.6. The van der Waals surface area contributed by atoms with E-state index in [0.29, 0.717) is 17.9 Å². The molecule has 1 fully saturated rings. The van der Waals surface area contributed by atoms with Crippen molar-refractivity contribution in [2.24, 2.45) is 0 Å². The van der Waals surface area contributed by atoms with Crippen molar-refractivity contribution in [3.63, 3.8) is 0 Å². The minimum Gasteiger partial charge on any atom is -0.484 e. The summed E-state index contributed by atoms with van der Waals surface area (Å²) in [6, 6.07) is 14.8. The second kappa shape index (κ2) is 8.85. The molecule has 26 heavy (non-hydrogen) atoms. The van der Waals surface area contributed by atoms with Crippen LogP contribution in [0.4, 0.5) is 5.69 Å².